The van der Waals surface area contributed by atoms with Crippen LogP contribution in [-0.4, -0.2) is 27.4 Å². The van der Waals surface area contributed by atoms with Crippen LogP contribution in [0, 0.1) is 15.9 Å². The van der Waals surface area contributed by atoms with Crippen LogP contribution in [0.1, 0.15) is 16.8 Å². The van der Waals surface area contributed by atoms with E-state index in [0.717, 1.165) is 11.3 Å². The molecule has 2 heterocycles. The second kappa shape index (κ2) is 7.67. The van der Waals surface area contributed by atoms with Gasteiger partial charge in [0.2, 0.25) is 5.91 Å². The fourth-order valence-electron chi connectivity index (χ4n) is 3.21. The minimum absolute atomic E-state index is 0.00202. The number of aromatic nitrogens is 1. The second-order valence-corrected chi connectivity index (χ2v) is 6.64. The number of benzene rings is 2. The normalized spacial score (nSPS) is 13.5. The summed E-state index contributed by atoms with van der Waals surface area (Å²) in [4.78, 5) is 24.5. The minimum atomic E-state index is -0.471. The molecule has 1 aromatic heterocycles. The number of nitro groups is 1. The Labute approximate surface area is 165 Å². The molecule has 7 nitrogen and oxygen atoms in total. The number of carbonyl (C=O) groups excluding carboxylic acids is 1. The first-order valence-corrected chi connectivity index (χ1v) is 8.96. The lowest BCUT2D eigenvalue weighted by Crippen LogP contribution is -2.34. The molecular weight excluding hydrogens is 377 g/mol. The highest BCUT2D eigenvalue weighted by atomic mass is 19.1. The summed E-state index contributed by atoms with van der Waals surface area (Å²) in [6.07, 6.45) is 3.63. The molecule has 29 heavy (non-hydrogen) atoms. The molecule has 1 aliphatic heterocycles. The number of nitro benzene ring substituents is 1. The molecule has 0 fully saturated rings. The number of hydrogen-bond acceptors (Lipinski definition) is 5. The van der Waals surface area contributed by atoms with Gasteiger partial charge in [0.15, 0.2) is 5.76 Å². The molecule has 0 aliphatic carbocycles. The third-order valence-electron chi connectivity index (χ3n) is 4.78. The number of nitrogens with zero attached hydrogens (tertiary/aromatic N) is 3. The Morgan fingerprint density at radius 2 is 1.90 bits per heavy atom. The Kier molecular flexibility index (Phi) is 4.90. The third kappa shape index (κ3) is 3.91. The van der Waals surface area contributed by atoms with Crippen molar-refractivity contribution in [3.8, 4) is 11.3 Å². The van der Waals surface area contributed by atoms with Gasteiger partial charge in [-0.1, -0.05) is 5.16 Å². The maximum absolute atomic E-state index is 13.2. The number of fused-ring (bicyclic) bond motifs is 1. The van der Waals surface area contributed by atoms with Gasteiger partial charge in [-0.2, -0.15) is 0 Å². The summed E-state index contributed by atoms with van der Waals surface area (Å²) in [6.45, 7) is 0.848. The zero-order chi connectivity index (χ0) is 20.4. The van der Waals surface area contributed by atoms with E-state index < -0.39 is 4.92 Å². The number of hydrogen-bond donors (Lipinski definition) is 0. The Morgan fingerprint density at radius 1 is 1.17 bits per heavy atom. The van der Waals surface area contributed by atoms with Gasteiger partial charge in [-0.15, -0.1) is 0 Å². The second-order valence-electron chi connectivity index (χ2n) is 6.64. The smallest absolute Gasteiger partial charge is 0.269 e. The molecule has 0 bridgehead atoms. The van der Waals surface area contributed by atoms with E-state index in [1.165, 1.54) is 30.3 Å². The monoisotopic (exact) mass is 393 g/mol. The van der Waals surface area contributed by atoms with E-state index in [1.807, 2.05) is 0 Å². The summed E-state index contributed by atoms with van der Waals surface area (Å²) in [5.41, 5.74) is 3.01. The fraction of sp³-hybridized carbons (Fsp3) is 0.143. The van der Waals surface area contributed by atoms with Gasteiger partial charge in [0.1, 0.15) is 5.82 Å². The van der Waals surface area contributed by atoms with Gasteiger partial charge in [0, 0.05) is 42.3 Å². The first-order valence-electron chi connectivity index (χ1n) is 8.96. The van der Waals surface area contributed by atoms with Crippen molar-refractivity contribution in [2.75, 3.05) is 6.54 Å². The van der Waals surface area contributed by atoms with Crippen LogP contribution < -0.4 is 0 Å². The quantitative estimate of drug-likeness (QED) is 0.380. The van der Waals surface area contributed by atoms with Crippen molar-refractivity contribution >= 4 is 17.7 Å². The first kappa shape index (κ1) is 18.5. The van der Waals surface area contributed by atoms with E-state index in [9.17, 15) is 19.3 Å². The summed E-state index contributed by atoms with van der Waals surface area (Å²) in [6, 6.07) is 11.9. The summed E-state index contributed by atoms with van der Waals surface area (Å²) >= 11 is 0. The number of carbonyl (C=O) groups is 1. The van der Waals surface area contributed by atoms with Crippen LogP contribution in [0.15, 0.2) is 59.1 Å². The third-order valence-corrected chi connectivity index (χ3v) is 4.78. The molecule has 0 radical (unpaired) electrons. The van der Waals surface area contributed by atoms with Gasteiger partial charge in [-0.3, -0.25) is 14.9 Å². The molecule has 8 heteroatoms. The van der Waals surface area contributed by atoms with Gasteiger partial charge in [-0.05, 0) is 48.0 Å². The first-order chi connectivity index (χ1) is 14.0. The average Bonchev–Trinajstić information content (AvgIpc) is 3.16. The molecule has 2 aromatic carbocycles. The molecule has 3 aromatic rings. The largest absolute Gasteiger partial charge is 0.356 e. The van der Waals surface area contributed by atoms with Gasteiger partial charge in [0.25, 0.3) is 5.69 Å². The Morgan fingerprint density at radius 3 is 2.59 bits per heavy atom. The summed E-state index contributed by atoms with van der Waals surface area (Å²) in [7, 11) is 0. The Bertz CT molecular complexity index is 1090. The van der Waals surface area contributed by atoms with Crippen molar-refractivity contribution in [2.45, 2.75) is 13.0 Å². The van der Waals surface area contributed by atoms with Crippen LogP contribution in [0.25, 0.3) is 17.4 Å². The van der Waals surface area contributed by atoms with Crippen molar-refractivity contribution < 1.29 is 18.6 Å². The molecule has 4 rings (SSSR count). The van der Waals surface area contributed by atoms with Gasteiger partial charge >= 0.3 is 0 Å². The lowest BCUT2D eigenvalue weighted by atomic mass is 10.0. The van der Waals surface area contributed by atoms with Crippen molar-refractivity contribution in [3.63, 3.8) is 0 Å². The van der Waals surface area contributed by atoms with Crippen molar-refractivity contribution in [3.05, 3.63) is 87.4 Å². The van der Waals surface area contributed by atoms with E-state index >= 15 is 0 Å². The van der Waals surface area contributed by atoms with Crippen LogP contribution in [0.5, 0.6) is 0 Å². The highest BCUT2D eigenvalue weighted by Crippen LogP contribution is 2.30. The van der Waals surface area contributed by atoms with E-state index in [0.29, 0.717) is 36.4 Å². The van der Waals surface area contributed by atoms with E-state index in [2.05, 4.69) is 5.16 Å². The summed E-state index contributed by atoms with van der Waals surface area (Å²) < 4.78 is 18.6. The zero-order valence-electron chi connectivity index (χ0n) is 15.2. The molecule has 0 spiro atoms. The lowest BCUT2D eigenvalue weighted by Gasteiger charge is -2.25. The van der Waals surface area contributed by atoms with Gasteiger partial charge in [-0.25, -0.2) is 4.39 Å². The molecule has 1 amide bonds. The van der Waals surface area contributed by atoms with Crippen LogP contribution in [0.2, 0.25) is 0 Å². The van der Waals surface area contributed by atoms with Crippen LogP contribution in [-0.2, 0) is 17.8 Å². The number of amides is 1. The molecule has 0 N–H and O–H groups in total. The summed E-state index contributed by atoms with van der Waals surface area (Å²) in [5.74, 6) is 0.0208. The number of rotatable bonds is 4. The van der Waals surface area contributed by atoms with Crippen LogP contribution in [0.4, 0.5) is 10.1 Å². The molecule has 146 valence electrons. The Balaban J connectivity index is 1.49. The molecule has 0 saturated heterocycles. The van der Waals surface area contributed by atoms with Crippen molar-refractivity contribution in [1.29, 1.82) is 0 Å². The highest BCUT2D eigenvalue weighted by molar-refractivity contribution is 5.92. The minimum Gasteiger partial charge on any atom is -0.356 e. The molecular formula is C21H16FN3O4. The number of halogens is 1. The Hall–Kier alpha value is -3.81. The van der Waals surface area contributed by atoms with Crippen molar-refractivity contribution in [2.24, 2.45) is 0 Å². The predicted octanol–water partition coefficient (Wildman–Crippen LogP) is 3.99. The SMILES string of the molecule is O=C(/C=C/c1ccc([N+](=O)[O-])cc1)N1CCc2noc(-c3ccc(F)cc3)c2C1. The predicted molar refractivity (Wildman–Crippen MR) is 103 cm³/mol. The highest BCUT2D eigenvalue weighted by Gasteiger charge is 2.26. The van der Waals surface area contributed by atoms with Crippen LogP contribution >= 0.6 is 0 Å². The zero-order valence-corrected chi connectivity index (χ0v) is 15.2. The summed E-state index contributed by atoms with van der Waals surface area (Å²) in [5, 5.41) is 14.8. The van der Waals surface area contributed by atoms with E-state index in [-0.39, 0.29) is 17.4 Å². The topological polar surface area (TPSA) is 89.5 Å². The molecule has 0 atom stereocenters. The molecule has 0 unspecified atom stereocenters. The van der Waals surface area contributed by atoms with Crippen molar-refractivity contribution in [1.82, 2.24) is 10.1 Å². The fourth-order valence-corrected chi connectivity index (χ4v) is 3.21. The number of non-ortho nitro benzene ring substituents is 1. The van der Waals surface area contributed by atoms with E-state index in [4.69, 9.17) is 4.52 Å². The maximum atomic E-state index is 13.2. The molecule has 0 saturated carbocycles. The average molecular weight is 393 g/mol. The van der Waals surface area contributed by atoms with Gasteiger partial charge in [0.05, 0.1) is 17.2 Å². The van der Waals surface area contributed by atoms with Crippen LogP contribution in [0.3, 0.4) is 0 Å². The maximum Gasteiger partial charge on any atom is 0.269 e. The lowest BCUT2D eigenvalue weighted by molar-refractivity contribution is -0.384. The van der Waals surface area contributed by atoms with Gasteiger partial charge < -0.3 is 9.42 Å². The van der Waals surface area contributed by atoms with E-state index in [1.54, 1.807) is 35.2 Å². The standard InChI is InChI=1S/C21H16FN3O4/c22-16-6-4-15(5-7-16)21-18-13-24(12-11-19(18)23-29-21)20(26)10-3-14-1-8-17(9-2-14)25(27)28/h1-10H,11-13H2/b10-3+. The molecule has 1 aliphatic rings.